The summed E-state index contributed by atoms with van der Waals surface area (Å²) in [6.07, 6.45) is 0. The Morgan fingerprint density at radius 2 is 2.05 bits per heavy atom. The Hall–Kier alpha value is -2.63. The zero-order valence-electron chi connectivity index (χ0n) is 10.8. The van der Waals surface area contributed by atoms with Crippen molar-refractivity contribution in [2.24, 2.45) is 0 Å². The number of nitrogens with zero attached hydrogens (tertiary/aromatic N) is 1. The summed E-state index contributed by atoms with van der Waals surface area (Å²) in [4.78, 5) is 14.8. The Balaban J connectivity index is 2.28. The lowest BCUT2D eigenvalue weighted by atomic mass is 10.1. The van der Waals surface area contributed by atoms with E-state index in [2.05, 4.69) is 10.3 Å². The van der Waals surface area contributed by atoms with Crippen LogP contribution in [0.15, 0.2) is 36.4 Å². The van der Waals surface area contributed by atoms with Gasteiger partial charge in [-0.3, -0.25) is 0 Å². The second kappa shape index (κ2) is 5.56. The fourth-order valence-corrected chi connectivity index (χ4v) is 1.81. The van der Waals surface area contributed by atoms with Crippen molar-refractivity contribution < 1.29 is 14.3 Å². The number of benzene rings is 1. The van der Waals surface area contributed by atoms with Gasteiger partial charge in [0.2, 0.25) is 0 Å². The number of carboxylic acids is 1. The summed E-state index contributed by atoms with van der Waals surface area (Å²) in [6, 6.07) is 8.70. The molecule has 1 unspecified atom stereocenters. The predicted molar refractivity (Wildman–Crippen MR) is 74.0 cm³/mol. The number of aromatic carboxylic acids is 1. The van der Waals surface area contributed by atoms with Gasteiger partial charge < -0.3 is 16.2 Å². The molecule has 1 atom stereocenters. The topological polar surface area (TPSA) is 88.2 Å². The highest BCUT2D eigenvalue weighted by molar-refractivity contribution is 5.86. The highest BCUT2D eigenvalue weighted by Gasteiger charge is 2.14. The third kappa shape index (κ3) is 2.85. The van der Waals surface area contributed by atoms with Gasteiger partial charge in [0.05, 0.1) is 11.7 Å². The van der Waals surface area contributed by atoms with Crippen LogP contribution in [0.2, 0.25) is 0 Å². The van der Waals surface area contributed by atoms with Crippen LogP contribution < -0.4 is 11.1 Å². The second-order valence-electron chi connectivity index (χ2n) is 4.33. The molecule has 5 nitrogen and oxygen atoms in total. The van der Waals surface area contributed by atoms with Crippen LogP contribution in [0, 0.1) is 5.82 Å². The SMILES string of the molecule is CC(Nc1nc(C(=O)O)ccc1N)c1ccccc1F. The van der Waals surface area contributed by atoms with Gasteiger partial charge in [0.15, 0.2) is 11.5 Å². The molecule has 104 valence electrons. The molecular formula is C14H14FN3O2. The average molecular weight is 275 g/mol. The average Bonchev–Trinajstić information content (AvgIpc) is 2.41. The zero-order chi connectivity index (χ0) is 14.7. The summed E-state index contributed by atoms with van der Waals surface area (Å²) in [5.41, 5.74) is 6.38. The molecule has 20 heavy (non-hydrogen) atoms. The fraction of sp³-hybridized carbons (Fsp3) is 0.143. The molecule has 0 fully saturated rings. The molecule has 1 heterocycles. The van der Waals surface area contributed by atoms with Crippen LogP contribution in [0.1, 0.15) is 29.0 Å². The van der Waals surface area contributed by atoms with E-state index in [0.29, 0.717) is 11.3 Å². The zero-order valence-corrected chi connectivity index (χ0v) is 10.8. The standard InChI is InChI=1S/C14H14FN3O2/c1-8(9-4-2-3-5-10(9)15)17-13-11(16)6-7-12(18-13)14(19)20/h2-8H,16H2,1H3,(H,17,18)(H,19,20). The van der Waals surface area contributed by atoms with Crippen molar-refractivity contribution >= 4 is 17.5 Å². The van der Waals surface area contributed by atoms with Gasteiger partial charge >= 0.3 is 5.97 Å². The molecule has 0 saturated carbocycles. The van der Waals surface area contributed by atoms with Gasteiger partial charge in [-0.05, 0) is 25.1 Å². The molecule has 0 aliphatic carbocycles. The van der Waals surface area contributed by atoms with E-state index in [1.54, 1.807) is 25.1 Å². The molecule has 1 aromatic carbocycles. The summed E-state index contributed by atoms with van der Waals surface area (Å²) in [7, 11) is 0. The van der Waals surface area contributed by atoms with E-state index < -0.39 is 12.0 Å². The number of nitrogens with two attached hydrogens (primary N) is 1. The van der Waals surface area contributed by atoms with Crippen LogP contribution in [0.4, 0.5) is 15.9 Å². The van der Waals surface area contributed by atoms with Gasteiger partial charge in [-0.25, -0.2) is 14.2 Å². The number of anilines is 2. The molecule has 0 saturated heterocycles. The van der Waals surface area contributed by atoms with Crippen molar-refractivity contribution in [2.75, 3.05) is 11.1 Å². The number of nitrogen functional groups attached to an aromatic ring is 1. The predicted octanol–water partition coefficient (Wildman–Crippen LogP) is 2.67. The summed E-state index contributed by atoms with van der Waals surface area (Å²) in [5, 5.41) is 11.8. The number of hydrogen-bond donors (Lipinski definition) is 3. The first-order chi connectivity index (χ1) is 9.49. The molecular weight excluding hydrogens is 261 g/mol. The minimum Gasteiger partial charge on any atom is -0.477 e. The van der Waals surface area contributed by atoms with E-state index in [-0.39, 0.29) is 17.3 Å². The first kappa shape index (κ1) is 13.8. The van der Waals surface area contributed by atoms with Crippen LogP contribution >= 0.6 is 0 Å². The van der Waals surface area contributed by atoms with Gasteiger partial charge in [-0.1, -0.05) is 18.2 Å². The fourth-order valence-electron chi connectivity index (χ4n) is 1.81. The van der Waals surface area contributed by atoms with Crippen molar-refractivity contribution in [2.45, 2.75) is 13.0 Å². The highest BCUT2D eigenvalue weighted by atomic mass is 19.1. The molecule has 2 rings (SSSR count). The quantitative estimate of drug-likeness (QED) is 0.798. The maximum atomic E-state index is 13.7. The van der Waals surface area contributed by atoms with Crippen LogP contribution in [-0.4, -0.2) is 16.1 Å². The van der Waals surface area contributed by atoms with E-state index in [4.69, 9.17) is 10.8 Å². The molecule has 1 aromatic heterocycles. The second-order valence-corrected chi connectivity index (χ2v) is 4.33. The van der Waals surface area contributed by atoms with Gasteiger partial charge in [-0.15, -0.1) is 0 Å². The Kier molecular flexibility index (Phi) is 3.84. The summed E-state index contributed by atoms with van der Waals surface area (Å²) in [6.45, 7) is 1.74. The van der Waals surface area contributed by atoms with Crippen molar-refractivity contribution in [1.82, 2.24) is 4.98 Å². The molecule has 0 spiro atoms. The monoisotopic (exact) mass is 275 g/mol. The number of rotatable bonds is 4. The smallest absolute Gasteiger partial charge is 0.354 e. The number of nitrogens with one attached hydrogen (secondary N) is 1. The van der Waals surface area contributed by atoms with Crippen molar-refractivity contribution in [3.8, 4) is 0 Å². The van der Waals surface area contributed by atoms with Crippen LogP contribution in [0.5, 0.6) is 0 Å². The van der Waals surface area contributed by atoms with Crippen LogP contribution in [0.25, 0.3) is 0 Å². The van der Waals surface area contributed by atoms with Gasteiger partial charge in [0.1, 0.15) is 5.82 Å². The van der Waals surface area contributed by atoms with Crippen LogP contribution in [-0.2, 0) is 0 Å². The molecule has 0 bridgehead atoms. The molecule has 0 amide bonds. The molecule has 0 aliphatic heterocycles. The van der Waals surface area contributed by atoms with E-state index in [9.17, 15) is 9.18 Å². The van der Waals surface area contributed by atoms with Crippen LogP contribution in [0.3, 0.4) is 0 Å². The lowest BCUT2D eigenvalue weighted by Gasteiger charge is -2.17. The third-order valence-electron chi connectivity index (χ3n) is 2.87. The Morgan fingerprint density at radius 3 is 2.70 bits per heavy atom. The maximum Gasteiger partial charge on any atom is 0.354 e. The molecule has 0 aliphatic rings. The Bertz CT molecular complexity index is 646. The Labute approximate surface area is 115 Å². The minimum absolute atomic E-state index is 0.123. The first-order valence-corrected chi connectivity index (χ1v) is 6.00. The normalized spacial score (nSPS) is 11.9. The number of aromatic nitrogens is 1. The summed E-state index contributed by atoms with van der Waals surface area (Å²) < 4.78 is 13.7. The summed E-state index contributed by atoms with van der Waals surface area (Å²) in [5.74, 6) is -1.27. The third-order valence-corrected chi connectivity index (χ3v) is 2.87. The first-order valence-electron chi connectivity index (χ1n) is 6.00. The van der Waals surface area contributed by atoms with Crippen molar-refractivity contribution in [1.29, 1.82) is 0 Å². The largest absolute Gasteiger partial charge is 0.477 e. The number of carboxylic acid groups (broad SMARTS) is 1. The van der Waals surface area contributed by atoms with Crippen molar-refractivity contribution in [3.63, 3.8) is 0 Å². The molecule has 2 aromatic rings. The van der Waals surface area contributed by atoms with Gasteiger partial charge in [0.25, 0.3) is 0 Å². The van der Waals surface area contributed by atoms with E-state index >= 15 is 0 Å². The maximum absolute atomic E-state index is 13.7. The highest BCUT2D eigenvalue weighted by Crippen LogP contribution is 2.24. The van der Waals surface area contributed by atoms with Gasteiger partial charge in [0, 0.05) is 5.56 Å². The number of carbonyl (C=O) groups is 1. The lowest BCUT2D eigenvalue weighted by molar-refractivity contribution is 0.0690. The number of halogens is 1. The minimum atomic E-state index is -1.15. The molecule has 0 radical (unpaired) electrons. The lowest BCUT2D eigenvalue weighted by Crippen LogP contribution is -2.13. The molecule has 4 N–H and O–H groups in total. The van der Waals surface area contributed by atoms with E-state index in [0.717, 1.165) is 0 Å². The number of hydrogen-bond acceptors (Lipinski definition) is 4. The van der Waals surface area contributed by atoms with Crippen molar-refractivity contribution in [3.05, 3.63) is 53.5 Å². The Morgan fingerprint density at radius 1 is 1.35 bits per heavy atom. The number of pyridine rings is 1. The van der Waals surface area contributed by atoms with E-state index in [1.807, 2.05) is 0 Å². The van der Waals surface area contributed by atoms with E-state index in [1.165, 1.54) is 18.2 Å². The van der Waals surface area contributed by atoms with Gasteiger partial charge in [-0.2, -0.15) is 0 Å². The molecule has 6 heteroatoms. The summed E-state index contributed by atoms with van der Waals surface area (Å²) >= 11 is 0.